The minimum absolute atomic E-state index is 0.0454. The second-order valence-electron chi connectivity index (χ2n) is 20.5. The van der Waals surface area contributed by atoms with Gasteiger partial charge in [0, 0.05) is 12.8 Å². The maximum absolute atomic E-state index is 13.5. The number of nitrogens with one attached hydrogen (secondary N) is 1. The highest BCUT2D eigenvalue weighted by Gasteiger charge is 2.30. The number of esters is 1. The number of hydrogen-bond donors (Lipinski definition) is 2. The van der Waals surface area contributed by atoms with Gasteiger partial charge in [0.1, 0.15) is 19.3 Å². The molecule has 0 aliphatic rings. The number of carbonyl (C=O) groups excluding carboxylic acids is 2. The fourth-order valence-corrected chi connectivity index (χ4v) is 9.09. The first kappa shape index (κ1) is 63.8. The van der Waals surface area contributed by atoms with Crippen LogP contribution in [0, 0.1) is 0 Å². The minimum atomic E-state index is -4.43. The van der Waals surface area contributed by atoms with E-state index in [1.54, 1.807) is 0 Å². The first-order valence-electron chi connectivity index (χ1n) is 28.0. The maximum atomic E-state index is 13.5. The second kappa shape index (κ2) is 46.5. The van der Waals surface area contributed by atoms with E-state index in [4.69, 9.17) is 13.8 Å². The summed E-state index contributed by atoms with van der Waals surface area (Å²) in [7, 11) is 1.51. The van der Waals surface area contributed by atoms with Gasteiger partial charge in [0.15, 0.2) is 0 Å². The number of phosphoric acid groups is 1. The Morgan fingerprint density at radius 2 is 0.877 bits per heavy atom. The van der Waals surface area contributed by atoms with Crippen molar-refractivity contribution in [1.82, 2.24) is 5.32 Å². The van der Waals surface area contributed by atoms with Gasteiger partial charge in [0.05, 0.1) is 33.8 Å². The molecule has 3 atom stereocenters. The Bertz CT molecular complexity index is 1130. The molecule has 0 saturated heterocycles. The molecular weight excluding hydrogens is 832 g/mol. The van der Waals surface area contributed by atoms with Crippen LogP contribution in [0.5, 0.6) is 0 Å². The zero-order chi connectivity index (χ0) is 48.0. The normalized spacial score (nSPS) is 13.9. The third-order valence-corrected chi connectivity index (χ3v) is 13.7. The van der Waals surface area contributed by atoms with Crippen molar-refractivity contribution in [3.63, 3.8) is 0 Å². The number of phosphoric ester groups is 1. The van der Waals surface area contributed by atoms with Crippen LogP contribution < -0.4 is 5.32 Å². The van der Waals surface area contributed by atoms with Crippen molar-refractivity contribution < 1.29 is 37.3 Å². The molecular formula is C55H110N2O7P+. The van der Waals surface area contributed by atoms with Crippen molar-refractivity contribution in [3.8, 4) is 0 Å². The monoisotopic (exact) mass is 942 g/mol. The molecule has 0 aromatic heterocycles. The van der Waals surface area contributed by atoms with Gasteiger partial charge in [0.25, 0.3) is 0 Å². The van der Waals surface area contributed by atoms with E-state index >= 15 is 0 Å². The molecule has 65 heavy (non-hydrogen) atoms. The Hall–Kier alpha value is -1.25. The highest BCUT2D eigenvalue weighted by Crippen LogP contribution is 2.43. The quantitative estimate of drug-likeness (QED) is 0.0205. The Morgan fingerprint density at radius 3 is 1.26 bits per heavy atom. The first-order chi connectivity index (χ1) is 31.4. The van der Waals surface area contributed by atoms with Crippen LogP contribution in [0.2, 0.25) is 0 Å². The predicted molar refractivity (Wildman–Crippen MR) is 277 cm³/mol. The topological polar surface area (TPSA) is 111 Å². The van der Waals surface area contributed by atoms with E-state index in [-0.39, 0.29) is 25.1 Å². The number of hydrogen-bond acceptors (Lipinski definition) is 6. The summed E-state index contributed by atoms with van der Waals surface area (Å²) in [5, 5.41) is 3.05. The molecule has 1 amide bonds. The van der Waals surface area contributed by atoms with E-state index in [0.717, 1.165) is 57.8 Å². The van der Waals surface area contributed by atoms with Gasteiger partial charge in [-0.05, 0) is 31.8 Å². The lowest BCUT2D eigenvalue weighted by Crippen LogP contribution is -2.47. The van der Waals surface area contributed by atoms with E-state index in [1.165, 1.54) is 186 Å². The molecule has 0 aromatic rings. The summed E-state index contributed by atoms with van der Waals surface area (Å²) in [5.74, 6) is -0.490. The number of amides is 1. The van der Waals surface area contributed by atoms with Crippen LogP contribution in [-0.2, 0) is 27.9 Å². The molecule has 0 rings (SSSR count). The summed E-state index contributed by atoms with van der Waals surface area (Å²) < 4.78 is 30.6. The van der Waals surface area contributed by atoms with Crippen molar-refractivity contribution in [1.29, 1.82) is 0 Å². The molecule has 0 spiro atoms. The van der Waals surface area contributed by atoms with Crippen LogP contribution in [0.4, 0.5) is 0 Å². The highest BCUT2D eigenvalue weighted by atomic mass is 31.2. The minimum Gasteiger partial charge on any atom is -0.456 e. The fourth-order valence-electron chi connectivity index (χ4n) is 8.35. The van der Waals surface area contributed by atoms with Crippen LogP contribution >= 0.6 is 7.82 Å². The predicted octanol–water partition coefficient (Wildman–Crippen LogP) is 16.4. The van der Waals surface area contributed by atoms with Crippen molar-refractivity contribution >= 4 is 19.7 Å². The van der Waals surface area contributed by atoms with E-state index in [2.05, 4.69) is 26.1 Å². The Labute approximate surface area is 403 Å². The number of carbonyl (C=O) groups is 2. The summed E-state index contributed by atoms with van der Waals surface area (Å²) in [5.41, 5.74) is 0. The van der Waals surface area contributed by atoms with Crippen LogP contribution in [-0.4, -0.2) is 74.3 Å². The van der Waals surface area contributed by atoms with Gasteiger partial charge < -0.3 is 19.4 Å². The lowest BCUT2D eigenvalue weighted by atomic mass is 10.0. The summed E-state index contributed by atoms with van der Waals surface area (Å²) >= 11 is 0. The number of quaternary nitrogens is 1. The molecule has 10 heteroatoms. The lowest BCUT2D eigenvalue weighted by molar-refractivity contribution is -0.870. The molecule has 0 aliphatic heterocycles. The Balaban J connectivity index is 5.35. The molecule has 9 nitrogen and oxygen atoms in total. The molecule has 0 saturated carbocycles. The largest absolute Gasteiger partial charge is 0.472 e. The summed E-state index contributed by atoms with van der Waals surface area (Å²) in [4.78, 5) is 37.5. The Morgan fingerprint density at radius 1 is 0.523 bits per heavy atom. The highest BCUT2D eigenvalue weighted by molar-refractivity contribution is 7.47. The number of ether oxygens (including phenoxy) is 1. The van der Waals surface area contributed by atoms with Gasteiger partial charge in [-0.3, -0.25) is 18.6 Å². The molecule has 386 valence electrons. The van der Waals surface area contributed by atoms with Crippen LogP contribution in [0.15, 0.2) is 12.2 Å². The average Bonchev–Trinajstić information content (AvgIpc) is 3.26. The molecule has 0 radical (unpaired) electrons. The molecule has 0 aliphatic carbocycles. The van der Waals surface area contributed by atoms with Gasteiger partial charge in [0.2, 0.25) is 5.91 Å². The number of nitrogens with zero attached hydrogens (tertiary/aromatic N) is 1. The van der Waals surface area contributed by atoms with E-state index < -0.39 is 20.0 Å². The molecule has 0 heterocycles. The van der Waals surface area contributed by atoms with Gasteiger partial charge in [-0.25, -0.2) is 4.57 Å². The molecule has 2 N–H and O–H groups in total. The molecule has 0 fully saturated rings. The standard InChI is InChI=1S/C55H109N2O7P/c1-7-10-13-16-19-22-25-27-28-30-33-35-38-41-44-47-54(58)56-52(51-63-65(60,61)62-50-49-57(4,5)6)53(46-43-40-37-34-32-29-26-23-20-17-14-11-8-2)64-55(59)48-45-42-39-36-31-24-21-18-15-12-9-3/h43,46,52-53H,7-42,44-45,47-51H2,1-6H3,(H-,56,58,60,61)/p+1/b46-43+. The van der Waals surface area contributed by atoms with Gasteiger partial charge in [-0.2, -0.15) is 0 Å². The first-order valence-corrected chi connectivity index (χ1v) is 29.5. The zero-order valence-electron chi connectivity index (χ0n) is 44.0. The zero-order valence-corrected chi connectivity index (χ0v) is 44.9. The van der Waals surface area contributed by atoms with Gasteiger partial charge in [-0.15, -0.1) is 0 Å². The number of likely N-dealkylation sites (N-methyl/N-ethyl adjacent to an activating group) is 1. The van der Waals surface area contributed by atoms with E-state index in [1.807, 2.05) is 33.3 Å². The van der Waals surface area contributed by atoms with Crippen molar-refractivity contribution in [2.45, 2.75) is 290 Å². The molecule has 0 aromatic carbocycles. The van der Waals surface area contributed by atoms with Crippen LogP contribution in [0.1, 0.15) is 278 Å². The fraction of sp³-hybridized carbons (Fsp3) is 0.927. The van der Waals surface area contributed by atoms with Crippen molar-refractivity contribution in [2.24, 2.45) is 0 Å². The Kier molecular flexibility index (Phi) is 45.6. The summed E-state index contributed by atoms with van der Waals surface area (Å²) in [6, 6.07) is -0.837. The van der Waals surface area contributed by atoms with Crippen LogP contribution in [0.3, 0.4) is 0 Å². The van der Waals surface area contributed by atoms with Crippen molar-refractivity contribution in [3.05, 3.63) is 12.2 Å². The van der Waals surface area contributed by atoms with Crippen LogP contribution in [0.25, 0.3) is 0 Å². The number of unbranched alkanes of at least 4 members (excludes halogenated alkanes) is 35. The third-order valence-electron chi connectivity index (χ3n) is 12.7. The summed E-state index contributed by atoms with van der Waals surface area (Å²) in [6.07, 6.45) is 50.5. The molecule has 3 unspecified atom stereocenters. The summed E-state index contributed by atoms with van der Waals surface area (Å²) in [6.45, 7) is 7.03. The average molecular weight is 942 g/mol. The van der Waals surface area contributed by atoms with E-state index in [9.17, 15) is 19.0 Å². The number of allylic oxidation sites excluding steroid dienone is 1. The number of rotatable bonds is 51. The maximum Gasteiger partial charge on any atom is 0.472 e. The second-order valence-corrected chi connectivity index (χ2v) is 21.9. The third kappa shape index (κ3) is 47.6. The van der Waals surface area contributed by atoms with Gasteiger partial charge in [-0.1, -0.05) is 245 Å². The smallest absolute Gasteiger partial charge is 0.456 e. The molecule has 0 bridgehead atoms. The lowest BCUT2D eigenvalue weighted by Gasteiger charge is -2.27. The SMILES string of the molecule is CCCCCCCCCCCCC/C=C/C(OC(=O)CCCCCCCCCCCCC)C(COP(=O)(O)OCC[N+](C)(C)C)NC(=O)CCCCCCCCCCCCCCCCC. The van der Waals surface area contributed by atoms with Crippen molar-refractivity contribution in [2.75, 3.05) is 40.9 Å². The van der Waals surface area contributed by atoms with E-state index in [0.29, 0.717) is 23.9 Å². The van der Waals surface area contributed by atoms with Gasteiger partial charge >= 0.3 is 13.8 Å².